The van der Waals surface area contributed by atoms with E-state index >= 15 is 0 Å². The van der Waals surface area contributed by atoms with Gasteiger partial charge in [0.25, 0.3) is 0 Å². The third-order valence-corrected chi connectivity index (χ3v) is 5.89. The number of benzene rings is 1. The van der Waals surface area contributed by atoms with Crippen molar-refractivity contribution in [2.75, 3.05) is 13.2 Å². The van der Waals surface area contributed by atoms with E-state index in [4.69, 9.17) is 14.0 Å². The van der Waals surface area contributed by atoms with Crippen LogP contribution in [0.25, 0.3) is 10.9 Å². The van der Waals surface area contributed by atoms with Gasteiger partial charge in [0, 0.05) is 23.0 Å². The van der Waals surface area contributed by atoms with Crippen LogP contribution in [0.4, 0.5) is 0 Å². The molecule has 0 radical (unpaired) electrons. The average Bonchev–Trinajstić information content (AvgIpc) is 3.07. The van der Waals surface area contributed by atoms with Crippen LogP contribution in [-0.4, -0.2) is 47.6 Å². The number of aromatic amines is 1. The highest BCUT2D eigenvalue weighted by molar-refractivity contribution is 6.65. The van der Waals surface area contributed by atoms with Gasteiger partial charge >= 0.3 is 13.1 Å². The summed E-state index contributed by atoms with van der Waals surface area (Å²) in [5.74, 6) is -0.385. The molecule has 1 saturated heterocycles. The molecule has 0 spiro atoms. The van der Waals surface area contributed by atoms with Crippen LogP contribution >= 0.6 is 0 Å². The maximum atomic E-state index is 12.5. The number of esters is 1. The lowest BCUT2D eigenvalue weighted by atomic mass is 9.75. The van der Waals surface area contributed by atoms with Crippen molar-refractivity contribution in [1.82, 2.24) is 4.98 Å². The molecule has 0 bridgehead atoms. The number of aliphatic hydroxyl groups is 1. The molecule has 2 aromatic rings. The summed E-state index contributed by atoms with van der Waals surface area (Å²) in [5.41, 5.74) is 3.14. The van der Waals surface area contributed by atoms with Crippen molar-refractivity contribution in [3.8, 4) is 0 Å². The summed E-state index contributed by atoms with van der Waals surface area (Å²) in [6.45, 7) is 12.2. The molecule has 1 aromatic heterocycles. The predicted molar refractivity (Wildman–Crippen MR) is 110 cm³/mol. The van der Waals surface area contributed by atoms with Gasteiger partial charge in [-0.25, -0.2) is 4.79 Å². The molecule has 2 heterocycles. The maximum absolute atomic E-state index is 12.5. The molecular weight excluding hydrogens is 357 g/mol. The number of hydrogen-bond donors (Lipinski definition) is 2. The number of aliphatic hydroxyl groups excluding tert-OH is 1. The lowest BCUT2D eigenvalue weighted by molar-refractivity contribution is 0.00578. The fraction of sp³-hybridized carbons (Fsp3) is 0.571. The van der Waals surface area contributed by atoms with Gasteiger partial charge in [0.05, 0.1) is 17.8 Å². The Hall–Kier alpha value is -1.83. The molecule has 152 valence electrons. The van der Waals surface area contributed by atoms with Crippen LogP contribution in [0.3, 0.4) is 0 Å². The number of carbonyl (C=O) groups is 1. The number of aromatic nitrogens is 1. The van der Waals surface area contributed by atoms with Crippen LogP contribution in [0, 0.1) is 6.92 Å². The molecule has 0 saturated carbocycles. The number of ether oxygens (including phenoxy) is 1. The highest BCUT2D eigenvalue weighted by Gasteiger charge is 2.52. The Morgan fingerprint density at radius 2 is 1.86 bits per heavy atom. The van der Waals surface area contributed by atoms with Crippen LogP contribution in [0.2, 0.25) is 0 Å². The monoisotopic (exact) mass is 387 g/mol. The van der Waals surface area contributed by atoms with Gasteiger partial charge in [-0.05, 0) is 65.5 Å². The standard InChI is InChI=1S/C21H30BNO5/c1-7-26-19(25)18-14(9-8-12-24)15-11-10-13(2)16(17(15)23-18)22-27-20(3,4)21(5,6)28-22/h10-11,23-24H,7-9,12H2,1-6H3. The van der Waals surface area contributed by atoms with Gasteiger partial charge in [0.2, 0.25) is 0 Å². The normalized spacial score (nSPS) is 18.0. The molecular formula is C21H30BNO5. The molecule has 6 nitrogen and oxygen atoms in total. The average molecular weight is 387 g/mol. The van der Waals surface area contributed by atoms with Gasteiger partial charge < -0.3 is 24.1 Å². The maximum Gasteiger partial charge on any atom is 0.497 e. The fourth-order valence-corrected chi connectivity index (χ4v) is 3.60. The molecule has 1 fully saturated rings. The van der Waals surface area contributed by atoms with E-state index in [1.165, 1.54) is 0 Å². The van der Waals surface area contributed by atoms with E-state index in [1.54, 1.807) is 6.92 Å². The molecule has 1 aromatic carbocycles. The number of nitrogens with one attached hydrogen (secondary N) is 1. The van der Waals surface area contributed by atoms with Gasteiger partial charge in [0.15, 0.2) is 0 Å². The minimum Gasteiger partial charge on any atom is -0.461 e. The van der Waals surface area contributed by atoms with E-state index in [-0.39, 0.29) is 12.6 Å². The molecule has 0 aliphatic carbocycles. The summed E-state index contributed by atoms with van der Waals surface area (Å²) in [6, 6.07) is 4.03. The summed E-state index contributed by atoms with van der Waals surface area (Å²) in [7, 11) is -0.534. The third-order valence-electron chi connectivity index (χ3n) is 5.89. The topological polar surface area (TPSA) is 80.8 Å². The number of carbonyl (C=O) groups excluding carboxylic acids is 1. The molecule has 0 unspecified atom stereocenters. The van der Waals surface area contributed by atoms with E-state index in [1.807, 2.05) is 46.8 Å². The number of H-pyrrole nitrogens is 1. The summed E-state index contributed by atoms with van der Waals surface area (Å²) >= 11 is 0. The largest absolute Gasteiger partial charge is 0.497 e. The van der Waals surface area contributed by atoms with Crippen LogP contribution in [0.15, 0.2) is 12.1 Å². The van der Waals surface area contributed by atoms with Crippen molar-refractivity contribution in [2.45, 2.75) is 65.6 Å². The zero-order chi connectivity index (χ0) is 20.7. The van der Waals surface area contributed by atoms with E-state index in [9.17, 15) is 9.90 Å². The van der Waals surface area contributed by atoms with Crippen LogP contribution < -0.4 is 5.46 Å². The van der Waals surface area contributed by atoms with E-state index in [0.29, 0.717) is 25.1 Å². The van der Waals surface area contributed by atoms with Crippen molar-refractivity contribution in [2.24, 2.45) is 0 Å². The Labute approximate surface area is 166 Å². The minimum atomic E-state index is -0.534. The molecule has 1 aliphatic rings. The first-order chi connectivity index (χ1) is 13.1. The van der Waals surface area contributed by atoms with Gasteiger partial charge in [-0.15, -0.1) is 0 Å². The Kier molecular flexibility index (Phi) is 5.63. The van der Waals surface area contributed by atoms with Gasteiger partial charge in [-0.1, -0.05) is 12.1 Å². The zero-order valence-electron chi connectivity index (χ0n) is 17.6. The highest BCUT2D eigenvalue weighted by atomic mass is 16.7. The lowest BCUT2D eigenvalue weighted by Crippen LogP contribution is -2.41. The van der Waals surface area contributed by atoms with E-state index in [0.717, 1.165) is 27.5 Å². The lowest BCUT2D eigenvalue weighted by Gasteiger charge is -2.32. The molecule has 7 heteroatoms. The van der Waals surface area contributed by atoms with Gasteiger partial charge in [-0.3, -0.25) is 0 Å². The Morgan fingerprint density at radius 3 is 2.43 bits per heavy atom. The summed E-state index contributed by atoms with van der Waals surface area (Å²) < 4.78 is 17.8. The highest BCUT2D eigenvalue weighted by Crippen LogP contribution is 2.37. The minimum absolute atomic E-state index is 0.0604. The summed E-state index contributed by atoms with van der Waals surface area (Å²) in [6.07, 6.45) is 1.15. The van der Waals surface area contributed by atoms with Crippen molar-refractivity contribution < 1.29 is 23.9 Å². The van der Waals surface area contributed by atoms with Crippen molar-refractivity contribution in [1.29, 1.82) is 0 Å². The molecule has 2 N–H and O–H groups in total. The molecule has 28 heavy (non-hydrogen) atoms. The van der Waals surface area contributed by atoms with Crippen LogP contribution in [-0.2, 0) is 20.5 Å². The Bertz CT molecular complexity index is 871. The van der Waals surface area contributed by atoms with Crippen molar-refractivity contribution in [3.63, 3.8) is 0 Å². The molecule has 0 amide bonds. The quantitative estimate of drug-likeness (QED) is 0.589. The first-order valence-corrected chi connectivity index (χ1v) is 9.90. The molecule has 3 rings (SSSR count). The van der Waals surface area contributed by atoms with Crippen molar-refractivity contribution >= 4 is 29.5 Å². The summed E-state index contributed by atoms with van der Waals surface area (Å²) in [5, 5.41) is 10.2. The van der Waals surface area contributed by atoms with E-state index in [2.05, 4.69) is 4.98 Å². The fourth-order valence-electron chi connectivity index (χ4n) is 3.60. The second-order valence-corrected chi connectivity index (χ2v) is 8.33. The smallest absolute Gasteiger partial charge is 0.461 e. The number of aryl methyl sites for hydroxylation is 2. The molecule has 0 atom stereocenters. The first-order valence-electron chi connectivity index (χ1n) is 9.90. The van der Waals surface area contributed by atoms with Gasteiger partial charge in [-0.2, -0.15) is 0 Å². The second kappa shape index (κ2) is 7.54. The third kappa shape index (κ3) is 3.47. The predicted octanol–water partition coefficient (Wildman–Crippen LogP) is 2.88. The SMILES string of the molecule is CCOC(=O)c1[nH]c2c(B3OC(C)(C)C(C)(C)O3)c(C)ccc2c1CCCO. The van der Waals surface area contributed by atoms with Gasteiger partial charge in [0.1, 0.15) is 5.69 Å². The molecule has 1 aliphatic heterocycles. The van der Waals surface area contributed by atoms with Crippen LogP contribution in [0.5, 0.6) is 0 Å². The second-order valence-electron chi connectivity index (χ2n) is 8.33. The number of hydrogen-bond acceptors (Lipinski definition) is 5. The number of fused-ring (bicyclic) bond motifs is 1. The Balaban J connectivity index is 2.16. The van der Waals surface area contributed by atoms with Crippen molar-refractivity contribution in [3.05, 3.63) is 29.0 Å². The van der Waals surface area contributed by atoms with Crippen LogP contribution in [0.1, 0.15) is 62.7 Å². The summed E-state index contributed by atoms with van der Waals surface area (Å²) in [4.78, 5) is 15.8. The first kappa shape index (κ1) is 20.9. The zero-order valence-corrected chi connectivity index (χ0v) is 17.6. The Morgan fingerprint density at radius 1 is 1.21 bits per heavy atom. The van der Waals surface area contributed by atoms with E-state index < -0.39 is 18.3 Å². The number of rotatable bonds is 6.